The highest BCUT2D eigenvalue weighted by atomic mass is 16.3. The Kier molecular flexibility index (Phi) is 7.78. The second kappa shape index (κ2) is 13.0. The van der Waals surface area contributed by atoms with E-state index in [1.165, 1.54) is 109 Å². The fraction of sp³-hybridized carbons (Fsp3) is 0.258. The largest absolute Gasteiger partial charge is 0.458 e. The van der Waals surface area contributed by atoms with E-state index < -0.39 is 0 Å². The predicted molar refractivity (Wildman–Crippen MR) is 283 cm³/mol. The van der Waals surface area contributed by atoms with Crippen LogP contribution in [0.1, 0.15) is 115 Å². The number of aryl methyl sites for hydroxylation is 1. The summed E-state index contributed by atoms with van der Waals surface area (Å²) in [4.78, 5) is 2.43. The third-order valence-electron chi connectivity index (χ3n) is 15.3. The van der Waals surface area contributed by atoms with Crippen molar-refractivity contribution in [1.29, 1.82) is 0 Å². The van der Waals surface area contributed by atoms with Crippen molar-refractivity contribution < 1.29 is 4.42 Å². The van der Waals surface area contributed by atoms with Crippen LogP contribution in [0.25, 0.3) is 93.2 Å². The maximum absolute atomic E-state index is 6.98. The highest BCUT2D eigenvalue weighted by molar-refractivity contribution is 6.29. The molecule has 0 aliphatic heterocycles. The normalized spacial score (nSPS) is 15.2. The Hall–Kier alpha value is -6.78. The number of benzene rings is 7. The molecule has 1 atom stereocenters. The number of anilines is 3. The van der Waals surface area contributed by atoms with E-state index in [0.29, 0.717) is 5.92 Å². The van der Waals surface area contributed by atoms with Crippen LogP contribution in [0, 0.1) is 6.92 Å². The van der Waals surface area contributed by atoms with E-state index in [1.54, 1.807) is 0 Å². The summed E-state index contributed by atoms with van der Waals surface area (Å²) >= 11 is 0. The lowest BCUT2D eigenvalue weighted by Gasteiger charge is -2.27. The van der Waals surface area contributed by atoms with Gasteiger partial charge in [-0.05, 0) is 125 Å². The lowest BCUT2D eigenvalue weighted by molar-refractivity contribution is 0.504. The number of para-hydroxylation sites is 1. The van der Waals surface area contributed by atoms with E-state index in [1.807, 2.05) is 0 Å². The van der Waals surface area contributed by atoms with Crippen molar-refractivity contribution in [2.75, 3.05) is 4.90 Å². The van der Waals surface area contributed by atoms with Crippen molar-refractivity contribution >= 4 is 110 Å². The van der Waals surface area contributed by atoms with Gasteiger partial charge in [-0.15, -0.1) is 0 Å². The van der Waals surface area contributed by atoms with Crippen LogP contribution < -0.4 is 4.90 Å². The van der Waals surface area contributed by atoms with Gasteiger partial charge in [0.15, 0.2) is 5.58 Å². The molecule has 4 heteroatoms. The predicted octanol–water partition coefficient (Wildman–Crippen LogP) is 17.9. The zero-order valence-corrected chi connectivity index (χ0v) is 40.2. The maximum Gasteiger partial charge on any atom is 0.159 e. The van der Waals surface area contributed by atoms with Crippen molar-refractivity contribution in [1.82, 2.24) is 8.80 Å². The van der Waals surface area contributed by atoms with E-state index in [4.69, 9.17) is 4.42 Å². The zero-order chi connectivity index (χ0) is 45.5. The van der Waals surface area contributed by atoms with Gasteiger partial charge in [-0.2, -0.15) is 0 Å². The van der Waals surface area contributed by atoms with Crippen LogP contribution in [-0.2, 0) is 16.2 Å². The number of aromatic nitrogens is 2. The molecule has 0 saturated heterocycles. The van der Waals surface area contributed by atoms with E-state index in [0.717, 1.165) is 34.8 Å². The van der Waals surface area contributed by atoms with Gasteiger partial charge in [0.25, 0.3) is 0 Å². The second-order valence-electron chi connectivity index (χ2n) is 22.8. The third-order valence-corrected chi connectivity index (χ3v) is 15.3. The van der Waals surface area contributed by atoms with Gasteiger partial charge in [-0.3, -0.25) is 0 Å². The van der Waals surface area contributed by atoms with E-state index in [2.05, 4.69) is 217 Å². The van der Waals surface area contributed by atoms with Crippen LogP contribution >= 0.6 is 0 Å². The Morgan fingerprint density at radius 3 is 1.64 bits per heavy atom. The minimum atomic E-state index is -0.0408. The van der Waals surface area contributed by atoms with Gasteiger partial charge in [0.05, 0.1) is 38.8 Å². The Morgan fingerprint density at radius 1 is 0.500 bits per heavy atom. The second-order valence-corrected chi connectivity index (χ2v) is 22.8. The van der Waals surface area contributed by atoms with Gasteiger partial charge in [-0.25, -0.2) is 0 Å². The topological polar surface area (TPSA) is 25.2 Å². The monoisotopic (exact) mass is 859 g/mol. The van der Waals surface area contributed by atoms with E-state index in [9.17, 15) is 0 Å². The first-order chi connectivity index (χ1) is 31.5. The molecule has 1 aliphatic carbocycles. The highest BCUT2D eigenvalue weighted by Crippen LogP contribution is 2.50. The summed E-state index contributed by atoms with van der Waals surface area (Å²) in [5.41, 5.74) is 18.3. The maximum atomic E-state index is 6.98. The van der Waals surface area contributed by atoms with Crippen molar-refractivity contribution in [3.05, 3.63) is 155 Å². The lowest BCUT2D eigenvalue weighted by Crippen LogP contribution is -2.11. The lowest BCUT2D eigenvalue weighted by atomic mass is 9.84. The van der Waals surface area contributed by atoms with Crippen LogP contribution in [-0.4, -0.2) is 8.80 Å². The molecule has 13 rings (SSSR count). The Morgan fingerprint density at radius 2 is 1.03 bits per heavy atom. The molecule has 0 spiro atoms. The molecule has 4 nitrogen and oxygen atoms in total. The first-order valence-electron chi connectivity index (χ1n) is 24.0. The van der Waals surface area contributed by atoms with Gasteiger partial charge in [-0.1, -0.05) is 124 Å². The van der Waals surface area contributed by atoms with Gasteiger partial charge in [0.1, 0.15) is 5.76 Å². The molecule has 5 heterocycles. The fourth-order valence-corrected chi connectivity index (χ4v) is 11.6. The molecular formula is C62H57N3O. The zero-order valence-electron chi connectivity index (χ0n) is 40.2. The van der Waals surface area contributed by atoms with E-state index in [-0.39, 0.29) is 16.2 Å². The first kappa shape index (κ1) is 39.6. The summed E-state index contributed by atoms with van der Waals surface area (Å²) in [6.45, 7) is 25.5. The fourth-order valence-electron chi connectivity index (χ4n) is 11.6. The third kappa shape index (κ3) is 5.33. The van der Waals surface area contributed by atoms with Crippen molar-refractivity contribution in [2.45, 2.75) is 105 Å². The molecule has 0 amide bonds. The summed E-state index contributed by atoms with van der Waals surface area (Å²) in [5, 5.41) is 11.7. The summed E-state index contributed by atoms with van der Waals surface area (Å²) in [6, 6.07) is 44.7. The van der Waals surface area contributed by atoms with Crippen molar-refractivity contribution in [3.8, 4) is 0 Å². The number of allylic oxidation sites excluding steroid dienone is 1. The number of nitrogens with zero attached hydrogens (tertiary/aromatic N) is 3. The molecule has 0 N–H and O–H groups in total. The van der Waals surface area contributed by atoms with Crippen LogP contribution in [0.5, 0.6) is 0 Å². The number of rotatable bonds is 3. The Balaban J connectivity index is 1.15. The Bertz CT molecular complexity index is 4040. The molecule has 0 saturated carbocycles. The SMILES string of the molecule is Cc1ccc2c3c(oc2c1N(c1ccccc1)c1ccc2c4cc(C(C)(C)C)cc5c6cc7c(cc6n(c2c1)c45)c1cc(C(C)(C)C)cc2c4cc(C(C)(C)C)ccc4n7c21)C(C)CC=C3. The summed E-state index contributed by atoms with van der Waals surface area (Å²) in [5.74, 6) is 1.41. The smallest absolute Gasteiger partial charge is 0.159 e. The summed E-state index contributed by atoms with van der Waals surface area (Å²) < 4.78 is 12.1. The average Bonchev–Trinajstić information content (AvgIpc) is 4.07. The average molecular weight is 860 g/mol. The van der Waals surface area contributed by atoms with Crippen molar-refractivity contribution in [2.24, 2.45) is 0 Å². The van der Waals surface area contributed by atoms with Gasteiger partial charge in [0, 0.05) is 71.3 Å². The number of furan rings is 1. The minimum Gasteiger partial charge on any atom is -0.458 e. The van der Waals surface area contributed by atoms with Gasteiger partial charge in [0.2, 0.25) is 0 Å². The minimum absolute atomic E-state index is 0.0176. The quantitative estimate of drug-likeness (QED) is 0.177. The molecule has 0 bridgehead atoms. The van der Waals surface area contributed by atoms with Crippen LogP contribution in [0.15, 0.2) is 126 Å². The summed E-state index contributed by atoms with van der Waals surface area (Å²) in [7, 11) is 0. The van der Waals surface area contributed by atoms with Crippen molar-refractivity contribution in [3.63, 3.8) is 0 Å². The molecule has 0 radical (unpaired) electrons. The van der Waals surface area contributed by atoms with Gasteiger partial charge < -0.3 is 18.1 Å². The van der Waals surface area contributed by atoms with Gasteiger partial charge >= 0.3 is 0 Å². The molecule has 326 valence electrons. The molecule has 5 aromatic heterocycles. The molecule has 7 aromatic carbocycles. The van der Waals surface area contributed by atoms with Crippen LogP contribution in [0.3, 0.4) is 0 Å². The number of fused-ring (bicyclic) bond motifs is 15. The molecule has 1 unspecified atom stereocenters. The number of hydrogen-bond acceptors (Lipinski definition) is 2. The molecule has 1 aliphatic rings. The highest BCUT2D eigenvalue weighted by Gasteiger charge is 2.30. The Labute approximate surface area is 386 Å². The molecule has 66 heavy (non-hydrogen) atoms. The van der Waals surface area contributed by atoms with Crippen LogP contribution in [0.4, 0.5) is 17.1 Å². The molecular weight excluding hydrogens is 803 g/mol. The first-order valence-corrected chi connectivity index (χ1v) is 24.0. The van der Waals surface area contributed by atoms with E-state index >= 15 is 0 Å². The number of hydrogen-bond donors (Lipinski definition) is 0. The van der Waals surface area contributed by atoms with Crippen LogP contribution in [0.2, 0.25) is 0 Å². The molecule has 12 aromatic rings. The standard InChI is InChI=1S/C62H57N3O/c1-34-20-23-43-42-19-15-16-35(2)58(42)66-59(43)55(34)63(39-17-13-12-14-18-39)40-22-24-41-47-27-37(61(6,7)8)29-49-46-32-53-45(33-54(46)65(56(47)49)52(41)31-40)50-30-38(62(9,10)11)28-48-44-26-36(60(3,4)5)21-25-51(44)64(53)57(48)50/h12-15,17-33,35H,16H2,1-11H3. The summed E-state index contributed by atoms with van der Waals surface area (Å²) in [6.07, 6.45) is 5.54. The molecule has 0 fully saturated rings.